The van der Waals surface area contributed by atoms with Crippen LogP contribution >= 0.6 is 0 Å². The molecule has 298 valence electrons. The number of fused-ring (bicyclic) bond motifs is 5. The SMILES string of the molecule is Cc1cc2c3c(c1)N(c1ccc(C(C)(C)C)cc1-c1coc4ccccc14)c1ccc(C(C)(C)C)cc1B3c1cc(C(C)(C)C)ccc1N2c1ccc(C(C)(C)C)cc1. The van der Waals surface area contributed by atoms with Gasteiger partial charge in [0.1, 0.15) is 5.58 Å². The Morgan fingerprint density at radius 1 is 0.441 bits per heavy atom. The zero-order valence-corrected chi connectivity index (χ0v) is 37.4. The maximum absolute atomic E-state index is 6.29. The molecule has 0 aliphatic carbocycles. The summed E-state index contributed by atoms with van der Waals surface area (Å²) >= 11 is 0. The summed E-state index contributed by atoms with van der Waals surface area (Å²) in [5.41, 5.74) is 21.0. The van der Waals surface area contributed by atoms with Crippen LogP contribution in [0.1, 0.15) is 111 Å². The van der Waals surface area contributed by atoms with Crippen LogP contribution in [0.5, 0.6) is 0 Å². The van der Waals surface area contributed by atoms with Crippen LogP contribution in [0.25, 0.3) is 22.1 Å². The molecular formula is C55H59BN2O. The number of hydrogen-bond donors (Lipinski definition) is 0. The van der Waals surface area contributed by atoms with E-state index in [0.717, 1.165) is 22.2 Å². The lowest BCUT2D eigenvalue weighted by Crippen LogP contribution is -2.61. The number of hydrogen-bond acceptors (Lipinski definition) is 3. The van der Waals surface area contributed by atoms with Gasteiger partial charge >= 0.3 is 0 Å². The van der Waals surface area contributed by atoms with Gasteiger partial charge in [0.05, 0.1) is 12.0 Å². The highest BCUT2D eigenvalue weighted by atomic mass is 16.3. The highest BCUT2D eigenvalue weighted by Gasteiger charge is 2.45. The minimum absolute atomic E-state index is 0.0154. The molecule has 0 amide bonds. The monoisotopic (exact) mass is 774 g/mol. The van der Waals surface area contributed by atoms with Gasteiger partial charge in [0.25, 0.3) is 6.71 Å². The van der Waals surface area contributed by atoms with Crippen LogP contribution in [0.3, 0.4) is 0 Å². The molecule has 4 heteroatoms. The maximum atomic E-state index is 6.29. The molecule has 6 aromatic carbocycles. The zero-order valence-electron chi connectivity index (χ0n) is 37.4. The molecule has 2 aliphatic heterocycles. The summed E-state index contributed by atoms with van der Waals surface area (Å²) in [5, 5.41) is 1.12. The lowest BCUT2D eigenvalue weighted by atomic mass is 9.33. The second-order valence-electron chi connectivity index (χ2n) is 21.3. The van der Waals surface area contributed by atoms with E-state index in [2.05, 4.69) is 215 Å². The number of aryl methyl sites for hydroxylation is 1. The van der Waals surface area contributed by atoms with Gasteiger partial charge in [-0.25, -0.2) is 0 Å². The molecule has 2 aliphatic rings. The molecule has 0 atom stereocenters. The number of furan rings is 1. The van der Waals surface area contributed by atoms with Gasteiger partial charge < -0.3 is 14.2 Å². The van der Waals surface area contributed by atoms with Crippen LogP contribution < -0.4 is 26.2 Å². The third-order valence-electron chi connectivity index (χ3n) is 12.8. The van der Waals surface area contributed by atoms with E-state index >= 15 is 0 Å². The summed E-state index contributed by atoms with van der Waals surface area (Å²) in [6.45, 7) is 30.1. The Morgan fingerprint density at radius 2 is 0.915 bits per heavy atom. The van der Waals surface area contributed by atoms with Crippen LogP contribution in [-0.2, 0) is 21.7 Å². The lowest BCUT2D eigenvalue weighted by Gasteiger charge is -2.45. The normalized spacial score (nSPS) is 14.1. The molecule has 0 saturated heterocycles. The molecule has 3 nitrogen and oxygen atoms in total. The Balaban J connectivity index is 1.40. The second kappa shape index (κ2) is 13.3. The molecule has 0 saturated carbocycles. The Bertz CT molecular complexity index is 2780. The van der Waals surface area contributed by atoms with E-state index in [4.69, 9.17) is 4.42 Å². The van der Waals surface area contributed by atoms with Crippen molar-refractivity contribution >= 4 is 68.2 Å². The number of para-hydroxylation sites is 1. The van der Waals surface area contributed by atoms with E-state index in [1.807, 2.05) is 6.26 Å². The fraction of sp³-hybridized carbons (Fsp3) is 0.309. The highest BCUT2D eigenvalue weighted by molar-refractivity contribution is 7.00. The van der Waals surface area contributed by atoms with Crippen molar-refractivity contribution in [1.82, 2.24) is 0 Å². The van der Waals surface area contributed by atoms with Crippen LogP contribution in [0, 0.1) is 6.92 Å². The van der Waals surface area contributed by atoms with E-state index < -0.39 is 0 Å². The minimum atomic E-state index is -0.0423. The van der Waals surface area contributed by atoms with Crippen molar-refractivity contribution in [2.75, 3.05) is 9.80 Å². The summed E-state index contributed by atoms with van der Waals surface area (Å²) in [7, 11) is 0. The van der Waals surface area contributed by atoms with E-state index in [-0.39, 0.29) is 28.4 Å². The largest absolute Gasteiger partial charge is 0.464 e. The quantitative estimate of drug-likeness (QED) is 0.167. The van der Waals surface area contributed by atoms with Crippen molar-refractivity contribution in [3.63, 3.8) is 0 Å². The third-order valence-corrected chi connectivity index (χ3v) is 12.8. The van der Waals surface area contributed by atoms with E-state index in [1.54, 1.807) is 0 Å². The van der Waals surface area contributed by atoms with Gasteiger partial charge in [-0.3, -0.25) is 0 Å². The van der Waals surface area contributed by atoms with Crippen molar-refractivity contribution in [3.05, 3.63) is 149 Å². The average molecular weight is 775 g/mol. The predicted molar refractivity (Wildman–Crippen MR) is 255 cm³/mol. The molecule has 0 fully saturated rings. The highest BCUT2D eigenvalue weighted by Crippen LogP contribution is 2.49. The van der Waals surface area contributed by atoms with E-state index in [1.165, 1.54) is 78.2 Å². The van der Waals surface area contributed by atoms with Crippen molar-refractivity contribution < 1.29 is 4.42 Å². The predicted octanol–water partition coefficient (Wildman–Crippen LogP) is 13.7. The van der Waals surface area contributed by atoms with Gasteiger partial charge in [0.2, 0.25) is 0 Å². The van der Waals surface area contributed by atoms with Crippen molar-refractivity contribution in [2.24, 2.45) is 0 Å². The smallest absolute Gasteiger partial charge is 0.252 e. The molecule has 0 bridgehead atoms. The van der Waals surface area contributed by atoms with Gasteiger partial charge in [-0.1, -0.05) is 144 Å². The van der Waals surface area contributed by atoms with Gasteiger partial charge in [-0.05, 0) is 127 Å². The summed E-state index contributed by atoms with van der Waals surface area (Å²) in [5.74, 6) is 0. The first-order valence-electron chi connectivity index (χ1n) is 21.5. The Labute approximate surface area is 353 Å². The van der Waals surface area contributed by atoms with Crippen LogP contribution in [0.2, 0.25) is 0 Å². The molecule has 3 heterocycles. The molecule has 7 aromatic rings. The molecule has 0 unspecified atom stereocenters. The number of nitrogens with zero attached hydrogens (tertiary/aromatic N) is 2. The first-order valence-corrected chi connectivity index (χ1v) is 21.5. The molecule has 9 rings (SSSR count). The van der Waals surface area contributed by atoms with Crippen LogP contribution in [0.4, 0.5) is 34.1 Å². The molecule has 0 spiro atoms. The van der Waals surface area contributed by atoms with Crippen molar-refractivity contribution in [1.29, 1.82) is 0 Å². The summed E-state index contributed by atoms with van der Waals surface area (Å²) in [6, 6.07) is 44.3. The summed E-state index contributed by atoms with van der Waals surface area (Å²) < 4.78 is 6.29. The van der Waals surface area contributed by atoms with Gasteiger partial charge in [0.15, 0.2) is 0 Å². The maximum Gasteiger partial charge on any atom is 0.252 e. The molecule has 1 aromatic heterocycles. The van der Waals surface area contributed by atoms with Gasteiger partial charge in [-0.15, -0.1) is 0 Å². The molecule has 0 N–H and O–H groups in total. The van der Waals surface area contributed by atoms with E-state index in [0.29, 0.717) is 0 Å². The lowest BCUT2D eigenvalue weighted by molar-refractivity contribution is 0.590. The third kappa shape index (κ3) is 6.51. The first-order chi connectivity index (χ1) is 27.7. The summed E-state index contributed by atoms with van der Waals surface area (Å²) in [4.78, 5) is 5.12. The van der Waals surface area contributed by atoms with Gasteiger partial charge in [0, 0.05) is 45.0 Å². The van der Waals surface area contributed by atoms with Crippen molar-refractivity contribution in [3.8, 4) is 11.1 Å². The van der Waals surface area contributed by atoms with E-state index in [9.17, 15) is 0 Å². The zero-order chi connectivity index (χ0) is 42.0. The number of benzene rings is 6. The Morgan fingerprint density at radius 3 is 1.47 bits per heavy atom. The number of rotatable bonds is 3. The fourth-order valence-corrected chi connectivity index (χ4v) is 9.32. The fourth-order valence-electron chi connectivity index (χ4n) is 9.32. The van der Waals surface area contributed by atoms with Crippen LogP contribution in [-0.4, -0.2) is 6.71 Å². The second-order valence-corrected chi connectivity index (χ2v) is 21.3. The standard InChI is InChI=1S/C55H59BN2O/c1-34-28-48-51-49(29-34)58(45-25-20-36(53(5,6)7)30-41(45)42-33-59-50-17-15-14-16-40(42)50)47-27-22-38(55(11,12)13)32-44(47)56(51)43-31-37(54(8,9)10)21-26-46(43)57(48)39-23-18-35(19-24-39)52(2,3)4/h14-33H,1-13H3. The average Bonchev–Trinajstić information content (AvgIpc) is 3.60. The molecular weight excluding hydrogens is 715 g/mol. The van der Waals surface area contributed by atoms with Crippen LogP contribution in [0.15, 0.2) is 126 Å². The Kier molecular flexibility index (Phi) is 8.77. The molecule has 59 heavy (non-hydrogen) atoms. The Hall–Kier alpha value is -5.48. The first kappa shape index (κ1) is 39.0. The van der Waals surface area contributed by atoms with Crippen molar-refractivity contribution in [2.45, 2.75) is 112 Å². The minimum Gasteiger partial charge on any atom is -0.464 e. The molecule has 0 radical (unpaired) electrons. The topological polar surface area (TPSA) is 19.6 Å². The number of anilines is 6. The van der Waals surface area contributed by atoms with Gasteiger partial charge in [-0.2, -0.15) is 0 Å². The summed E-state index contributed by atoms with van der Waals surface area (Å²) in [6.07, 6.45) is 1.96.